The third-order valence-corrected chi connectivity index (χ3v) is 6.41. The smallest absolute Gasteiger partial charge is 0.322 e. The zero-order valence-corrected chi connectivity index (χ0v) is 20.3. The van der Waals surface area contributed by atoms with Gasteiger partial charge in [0.25, 0.3) is 0 Å². The van der Waals surface area contributed by atoms with Crippen LogP contribution in [0, 0.1) is 0 Å². The molecule has 0 aliphatic carbocycles. The van der Waals surface area contributed by atoms with E-state index in [1.807, 2.05) is 24.5 Å². The van der Waals surface area contributed by atoms with Gasteiger partial charge in [-0.1, -0.05) is 35.8 Å². The van der Waals surface area contributed by atoms with E-state index in [4.69, 9.17) is 23.2 Å². The van der Waals surface area contributed by atoms with Crippen molar-refractivity contribution in [2.45, 2.75) is 12.8 Å². The van der Waals surface area contributed by atoms with Crippen molar-refractivity contribution in [1.82, 2.24) is 9.88 Å². The number of pyridine rings is 1. The summed E-state index contributed by atoms with van der Waals surface area (Å²) in [6, 6.07) is 17.3. The molecule has 2 N–H and O–H groups in total. The number of amides is 2. The lowest BCUT2D eigenvalue weighted by molar-refractivity contribution is 0.208. The fourth-order valence-corrected chi connectivity index (χ4v) is 4.33. The van der Waals surface area contributed by atoms with Gasteiger partial charge in [0.05, 0.1) is 15.7 Å². The van der Waals surface area contributed by atoms with Crippen LogP contribution in [-0.4, -0.2) is 42.1 Å². The van der Waals surface area contributed by atoms with Crippen molar-refractivity contribution in [3.05, 3.63) is 94.9 Å². The van der Waals surface area contributed by atoms with Gasteiger partial charge in [0.2, 0.25) is 0 Å². The summed E-state index contributed by atoms with van der Waals surface area (Å²) in [5.74, 6) is 0. The second kappa shape index (κ2) is 11.3. The molecular weight excluding hydrogens is 469 g/mol. The minimum Gasteiger partial charge on any atom is -0.368 e. The van der Waals surface area contributed by atoms with Gasteiger partial charge in [0.1, 0.15) is 0 Å². The predicted octanol–water partition coefficient (Wildman–Crippen LogP) is 6.30. The van der Waals surface area contributed by atoms with Gasteiger partial charge in [-0.15, -0.1) is 0 Å². The Kier molecular flexibility index (Phi) is 7.93. The average Bonchev–Trinajstić information content (AvgIpc) is 2.86. The molecule has 0 atom stereocenters. The number of aryl methyl sites for hydroxylation is 1. The van der Waals surface area contributed by atoms with Crippen molar-refractivity contribution < 1.29 is 4.79 Å². The van der Waals surface area contributed by atoms with Crippen LogP contribution in [0.5, 0.6) is 0 Å². The van der Waals surface area contributed by atoms with Gasteiger partial charge in [0, 0.05) is 55.6 Å². The molecule has 6 nitrogen and oxygen atoms in total. The summed E-state index contributed by atoms with van der Waals surface area (Å²) in [6.07, 6.45) is 5.40. The van der Waals surface area contributed by atoms with Crippen LogP contribution in [0.1, 0.15) is 12.0 Å². The summed E-state index contributed by atoms with van der Waals surface area (Å²) in [5.41, 5.74) is 4.81. The molecule has 0 bridgehead atoms. The van der Waals surface area contributed by atoms with E-state index in [9.17, 15) is 4.79 Å². The molecule has 1 aliphatic heterocycles. The molecule has 1 aliphatic rings. The number of carbonyl (C=O) groups is 1. The Morgan fingerprint density at radius 2 is 1.56 bits per heavy atom. The summed E-state index contributed by atoms with van der Waals surface area (Å²) >= 11 is 12.3. The quantitative estimate of drug-likeness (QED) is 0.403. The number of halogens is 2. The van der Waals surface area contributed by atoms with Crippen LogP contribution in [0.15, 0.2) is 79.3 Å². The van der Waals surface area contributed by atoms with Crippen LogP contribution in [0.2, 0.25) is 10.0 Å². The predicted molar refractivity (Wildman–Crippen MR) is 141 cm³/mol. The number of nitrogens with one attached hydrogen (secondary N) is 2. The summed E-state index contributed by atoms with van der Waals surface area (Å²) in [4.78, 5) is 20.8. The summed E-state index contributed by atoms with van der Waals surface area (Å²) in [6.45, 7) is 6.86. The number of piperazine rings is 1. The van der Waals surface area contributed by atoms with Crippen LogP contribution in [0.4, 0.5) is 21.9 Å². The first-order valence-electron chi connectivity index (χ1n) is 11.2. The Hall–Kier alpha value is -3.22. The van der Waals surface area contributed by atoms with Crippen LogP contribution < -0.4 is 15.5 Å². The maximum atomic E-state index is 12.7. The number of anilines is 3. The molecule has 0 radical (unpaired) electrons. The van der Waals surface area contributed by atoms with E-state index in [-0.39, 0.29) is 6.03 Å². The van der Waals surface area contributed by atoms with Gasteiger partial charge in [-0.2, -0.15) is 0 Å². The fraction of sp³-hybridized carbons (Fsp3) is 0.231. The molecule has 34 heavy (non-hydrogen) atoms. The van der Waals surface area contributed by atoms with Gasteiger partial charge >= 0.3 is 6.03 Å². The molecule has 1 aromatic heterocycles. The Labute approximate surface area is 210 Å². The lowest BCUT2D eigenvalue weighted by atomic mass is 10.1. The summed E-state index contributed by atoms with van der Waals surface area (Å²) < 4.78 is 0. The van der Waals surface area contributed by atoms with Crippen molar-refractivity contribution in [1.29, 1.82) is 0 Å². The average molecular weight is 496 g/mol. The third-order valence-electron chi connectivity index (χ3n) is 5.78. The number of aromatic nitrogens is 1. The Bertz CT molecular complexity index is 1110. The molecule has 8 heteroatoms. The molecule has 2 aromatic carbocycles. The van der Waals surface area contributed by atoms with Gasteiger partial charge < -0.3 is 20.4 Å². The molecule has 3 aromatic rings. The monoisotopic (exact) mass is 495 g/mol. The SMILES string of the molecule is C=C(CCc1ccncc1)Nc1ccc(N2CCN(C(=O)Nc3c(Cl)cccc3Cl)CC2)cc1. The number of rotatable bonds is 7. The van der Waals surface area contributed by atoms with Crippen molar-refractivity contribution in [2.24, 2.45) is 0 Å². The summed E-state index contributed by atoms with van der Waals surface area (Å²) in [5, 5.41) is 7.07. The van der Waals surface area contributed by atoms with Gasteiger partial charge in [-0.05, 0) is 66.9 Å². The van der Waals surface area contributed by atoms with Crippen molar-refractivity contribution >= 4 is 46.3 Å². The Morgan fingerprint density at radius 1 is 0.912 bits per heavy atom. The summed E-state index contributed by atoms with van der Waals surface area (Å²) in [7, 11) is 0. The van der Waals surface area contributed by atoms with Crippen LogP contribution >= 0.6 is 23.2 Å². The second-order valence-electron chi connectivity index (χ2n) is 8.13. The number of hydrogen-bond donors (Lipinski definition) is 2. The fourth-order valence-electron chi connectivity index (χ4n) is 3.84. The highest BCUT2D eigenvalue weighted by Crippen LogP contribution is 2.30. The van der Waals surface area contributed by atoms with Crippen molar-refractivity contribution in [3.63, 3.8) is 0 Å². The number of para-hydroxylation sites is 1. The third kappa shape index (κ3) is 6.22. The molecule has 2 amide bonds. The highest BCUT2D eigenvalue weighted by atomic mass is 35.5. The topological polar surface area (TPSA) is 60.5 Å². The molecule has 176 valence electrons. The van der Waals surface area contributed by atoms with E-state index >= 15 is 0 Å². The highest BCUT2D eigenvalue weighted by molar-refractivity contribution is 6.39. The van der Waals surface area contributed by atoms with E-state index in [1.54, 1.807) is 23.1 Å². The van der Waals surface area contributed by atoms with Crippen molar-refractivity contribution in [3.8, 4) is 0 Å². The number of benzene rings is 2. The first-order valence-corrected chi connectivity index (χ1v) is 11.9. The number of carbonyl (C=O) groups excluding carboxylic acids is 1. The number of nitrogens with zero attached hydrogens (tertiary/aromatic N) is 3. The number of urea groups is 1. The van der Waals surface area contributed by atoms with Crippen LogP contribution in [0.3, 0.4) is 0 Å². The second-order valence-corrected chi connectivity index (χ2v) is 8.95. The lowest BCUT2D eigenvalue weighted by Crippen LogP contribution is -2.50. The molecule has 4 rings (SSSR count). The molecule has 1 saturated heterocycles. The minimum atomic E-state index is -0.195. The zero-order valence-electron chi connectivity index (χ0n) is 18.8. The van der Waals surface area contributed by atoms with E-state index in [0.717, 1.165) is 43.0 Å². The molecular formula is C26H27Cl2N5O. The largest absolute Gasteiger partial charge is 0.368 e. The van der Waals surface area contributed by atoms with Gasteiger partial charge in [-0.3, -0.25) is 4.98 Å². The Morgan fingerprint density at radius 3 is 2.21 bits per heavy atom. The van der Waals surface area contributed by atoms with Gasteiger partial charge in [-0.25, -0.2) is 4.79 Å². The van der Waals surface area contributed by atoms with E-state index in [1.165, 1.54) is 5.56 Å². The molecule has 1 fully saturated rings. The number of allylic oxidation sites excluding steroid dienone is 1. The highest BCUT2D eigenvalue weighted by Gasteiger charge is 2.22. The number of hydrogen-bond acceptors (Lipinski definition) is 4. The molecule has 0 spiro atoms. The Balaban J connectivity index is 1.25. The normalized spacial score (nSPS) is 13.5. The maximum Gasteiger partial charge on any atom is 0.322 e. The minimum absolute atomic E-state index is 0.195. The molecule has 0 unspecified atom stereocenters. The van der Waals surface area contributed by atoms with E-state index < -0.39 is 0 Å². The molecule has 2 heterocycles. The standard InChI is InChI=1S/C26H27Cl2N5O/c1-19(5-6-20-11-13-29-14-12-20)30-21-7-9-22(10-8-21)32-15-17-33(18-16-32)26(34)31-25-23(27)3-2-4-24(25)28/h2-4,7-14,30H,1,5-6,15-18H2,(H,31,34). The van der Waals surface area contributed by atoms with Gasteiger partial charge in [0.15, 0.2) is 0 Å². The van der Waals surface area contributed by atoms with Crippen LogP contribution in [-0.2, 0) is 6.42 Å². The lowest BCUT2D eigenvalue weighted by Gasteiger charge is -2.36. The molecule has 0 saturated carbocycles. The van der Waals surface area contributed by atoms with Crippen LogP contribution in [0.25, 0.3) is 0 Å². The first kappa shape index (κ1) is 23.9. The van der Waals surface area contributed by atoms with E-state index in [0.29, 0.717) is 28.8 Å². The first-order chi connectivity index (χ1) is 16.5. The maximum absolute atomic E-state index is 12.7. The zero-order chi connectivity index (χ0) is 23.9. The van der Waals surface area contributed by atoms with E-state index in [2.05, 4.69) is 51.4 Å². The van der Waals surface area contributed by atoms with Crippen molar-refractivity contribution in [2.75, 3.05) is 41.7 Å².